The first-order valence-electron chi connectivity index (χ1n) is 5.13. The van der Waals surface area contributed by atoms with Crippen molar-refractivity contribution in [2.75, 3.05) is 0 Å². The molecule has 80 valence electrons. The first-order valence-corrected chi connectivity index (χ1v) is 6.34. The maximum absolute atomic E-state index is 12.0. The Kier molecular flexibility index (Phi) is 2.16. The summed E-state index contributed by atoms with van der Waals surface area (Å²) in [6.45, 7) is 0. The second-order valence-electron chi connectivity index (χ2n) is 3.86. The van der Waals surface area contributed by atoms with E-state index in [4.69, 9.17) is 5.73 Å². The minimum absolute atomic E-state index is 0.381. The summed E-state index contributed by atoms with van der Waals surface area (Å²) in [5.41, 5.74) is 6.76. The van der Waals surface area contributed by atoms with E-state index >= 15 is 0 Å². The fraction of sp³-hybridized carbons (Fsp3) is 0.0769. The molecule has 1 aliphatic rings. The highest BCUT2D eigenvalue weighted by Crippen LogP contribution is 2.27. The van der Waals surface area contributed by atoms with Gasteiger partial charge < -0.3 is 5.73 Å². The molecule has 0 saturated heterocycles. The van der Waals surface area contributed by atoms with Gasteiger partial charge >= 0.3 is 0 Å². The Hall–Kier alpha value is -1.45. The molecular formula is C13H11NOS. The van der Waals surface area contributed by atoms with Gasteiger partial charge in [0.15, 0.2) is 0 Å². The van der Waals surface area contributed by atoms with Gasteiger partial charge in [-0.15, -0.1) is 0 Å². The maximum Gasteiger partial charge on any atom is 0.105 e. The Bertz CT molecular complexity index is 618. The highest BCUT2D eigenvalue weighted by atomic mass is 32.2. The van der Waals surface area contributed by atoms with E-state index in [0.29, 0.717) is 0 Å². The van der Waals surface area contributed by atoms with E-state index in [1.54, 1.807) is 6.08 Å². The van der Waals surface area contributed by atoms with E-state index in [1.165, 1.54) is 5.39 Å². The number of hydrogen-bond donors (Lipinski definition) is 1. The molecule has 0 saturated carbocycles. The van der Waals surface area contributed by atoms with Crippen molar-refractivity contribution in [3.05, 3.63) is 48.0 Å². The quantitative estimate of drug-likeness (QED) is 0.753. The molecule has 1 aliphatic heterocycles. The zero-order valence-electron chi connectivity index (χ0n) is 8.59. The number of nitrogens with two attached hydrogens (primary N) is 1. The predicted octanol–water partition coefficient (Wildman–Crippen LogP) is 2.26. The van der Waals surface area contributed by atoms with Crippen molar-refractivity contribution in [1.29, 1.82) is 0 Å². The van der Waals surface area contributed by atoms with Crippen LogP contribution < -0.4 is 5.73 Å². The third-order valence-corrected chi connectivity index (χ3v) is 4.25. The SMILES string of the molecule is NC1C=Cc2cc3ccccc3cc2S1=O. The molecule has 2 aromatic rings. The molecule has 2 unspecified atom stereocenters. The lowest BCUT2D eigenvalue weighted by Crippen LogP contribution is -2.25. The molecule has 2 N–H and O–H groups in total. The zero-order valence-corrected chi connectivity index (χ0v) is 9.41. The third-order valence-electron chi connectivity index (χ3n) is 2.81. The number of benzene rings is 2. The van der Waals surface area contributed by atoms with Crippen LogP contribution in [-0.4, -0.2) is 9.58 Å². The van der Waals surface area contributed by atoms with Crippen molar-refractivity contribution in [1.82, 2.24) is 0 Å². The van der Waals surface area contributed by atoms with Gasteiger partial charge in [-0.1, -0.05) is 36.4 Å². The van der Waals surface area contributed by atoms with Gasteiger partial charge in [0.05, 0.1) is 10.8 Å². The van der Waals surface area contributed by atoms with Crippen molar-refractivity contribution < 1.29 is 4.21 Å². The average Bonchev–Trinajstić information content (AvgIpc) is 2.32. The summed E-state index contributed by atoms with van der Waals surface area (Å²) in [4.78, 5) is 0.841. The summed E-state index contributed by atoms with van der Waals surface area (Å²) in [5.74, 6) is 0. The average molecular weight is 229 g/mol. The molecule has 1 heterocycles. The van der Waals surface area contributed by atoms with Crippen LogP contribution >= 0.6 is 0 Å². The summed E-state index contributed by atoms with van der Waals surface area (Å²) in [6.07, 6.45) is 3.75. The lowest BCUT2D eigenvalue weighted by Gasteiger charge is -2.16. The Morgan fingerprint density at radius 3 is 2.56 bits per heavy atom. The molecule has 3 heteroatoms. The summed E-state index contributed by atoms with van der Waals surface area (Å²) in [5, 5.41) is 1.89. The molecule has 0 bridgehead atoms. The van der Waals surface area contributed by atoms with E-state index in [2.05, 4.69) is 12.1 Å². The van der Waals surface area contributed by atoms with Gasteiger partial charge in [-0.3, -0.25) is 4.21 Å². The molecule has 0 aliphatic carbocycles. The van der Waals surface area contributed by atoms with Gasteiger partial charge in [-0.05, 0) is 28.5 Å². The highest BCUT2D eigenvalue weighted by Gasteiger charge is 2.18. The minimum Gasteiger partial charge on any atom is -0.314 e. The smallest absolute Gasteiger partial charge is 0.105 e. The van der Waals surface area contributed by atoms with Crippen LogP contribution in [0.4, 0.5) is 0 Å². The second-order valence-corrected chi connectivity index (χ2v) is 5.44. The normalized spacial score (nSPS) is 23.3. The first-order chi connectivity index (χ1) is 7.75. The largest absolute Gasteiger partial charge is 0.314 e. The lowest BCUT2D eigenvalue weighted by molar-refractivity contribution is 0.678. The minimum atomic E-state index is -1.12. The van der Waals surface area contributed by atoms with E-state index < -0.39 is 10.8 Å². The van der Waals surface area contributed by atoms with Crippen molar-refractivity contribution >= 4 is 27.6 Å². The molecule has 2 atom stereocenters. The Balaban J connectivity index is 2.33. The van der Waals surface area contributed by atoms with Crippen LogP contribution in [0.1, 0.15) is 5.56 Å². The van der Waals surface area contributed by atoms with Gasteiger partial charge in [-0.25, -0.2) is 0 Å². The van der Waals surface area contributed by atoms with Gasteiger partial charge in [0.2, 0.25) is 0 Å². The molecule has 0 radical (unpaired) electrons. The van der Waals surface area contributed by atoms with Crippen LogP contribution in [0, 0.1) is 0 Å². The predicted molar refractivity (Wildman–Crippen MR) is 67.4 cm³/mol. The Morgan fingerprint density at radius 1 is 1.12 bits per heavy atom. The van der Waals surface area contributed by atoms with Crippen LogP contribution in [0.25, 0.3) is 16.8 Å². The monoisotopic (exact) mass is 229 g/mol. The highest BCUT2D eigenvalue weighted by molar-refractivity contribution is 7.86. The fourth-order valence-electron chi connectivity index (χ4n) is 1.96. The molecule has 16 heavy (non-hydrogen) atoms. The zero-order chi connectivity index (χ0) is 11.1. The summed E-state index contributed by atoms with van der Waals surface area (Å²) in [7, 11) is -1.12. The van der Waals surface area contributed by atoms with E-state index in [-0.39, 0.29) is 5.37 Å². The first kappa shape index (κ1) is 9.75. The maximum atomic E-state index is 12.0. The molecule has 0 fully saturated rings. The third kappa shape index (κ3) is 1.40. The van der Waals surface area contributed by atoms with E-state index in [1.807, 2.05) is 30.3 Å². The van der Waals surface area contributed by atoms with Crippen molar-refractivity contribution in [2.24, 2.45) is 5.73 Å². The molecular weight excluding hydrogens is 218 g/mol. The van der Waals surface area contributed by atoms with Gasteiger partial charge in [-0.2, -0.15) is 0 Å². The molecule has 2 aromatic carbocycles. The molecule has 0 amide bonds. The number of rotatable bonds is 0. The summed E-state index contributed by atoms with van der Waals surface area (Å²) >= 11 is 0. The molecule has 0 spiro atoms. The Labute approximate surface area is 96.2 Å². The van der Waals surface area contributed by atoms with Crippen LogP contribution in [-0.2, 0) is 10.8 Å². The summed E-state index contributed by atoms with van der Waals surface area (Å²) in [6, 6.07) is 12.1. The molecule has 3 rings (SSSR count). The van der Waals surface area contributed by atoms with Crippen LogP contribution in [0.3, 0.4) is 0 Å². The number of fused-ring (bicyclic) bond motifs is 2. The fourth-order valence-corrected chi connectivity index (χ4v) is 3.07. The molecule has 0 aromatic heterocycles. The van der Waals surface area contributed by atoms with Gasteiger partial charge in [0.1, 0.15) is 5.37 Å². The van der Waals surface area contributed by atoms with E-state index in [0.717, 1.165) is 15.8 Å². The summed E-state index contributed by atoms with van der Waals surface area (Å²) < 4.78 is 12.0. The standard InChI is InChI=1S/C13H11NOS/c14-13-6-5-11-7-9-3-1-2-4-10(9)8-12(11)16(13)15/h1-8,13H,14H2. The van der Waals surface area contributed by atoms with Crippen LogP contribution in [0.5, 0.6) is 0 Å². The van der Waals surface area contributed by atoms with Crippen LogP contribution in [0.15, 0.2) is 47.4 Å². The van der Waals surface area contributed by atoms with Crippen molar-refractivity contribution in [3.63, 3.8) is 0 Å². The van der Waals surface area contributed by atoms with E-state index in [9.17, 15) is 4.21 Å². The van der Waals surface area contributed by atoms with Crippen molar-refractivity contribution in [3.8, 4) is 0 Å². The van der Waals surface area contributed by atoms with Crippen molar-refractivity contribution in [2.45, 2.75) is 10.3 Å². The van der Waals surface area contributed by atoms with Crippen LogP contribution in [0.2, 0.25) is 0 Å². The Morgan fingerprint density at radius 2 is 1.81 bits per heavy atom. The topological polar surface area (TPSA) is 43.1 Å². The lowest BCUT2D eigenvalue weighted by atomic mass is 10.1. The second kappa shape index (κ2) is 3.54. The van der Waals surface area contributed by atoms with Gasteiger partial charge in [0, 0.05) is 4.90 Å². The number of hydrogen-bond acceptors (Lipinski definition) is 2. The molecule has 2 nitrogen and oxygen atoms in total. The van der Waals surface area contributed by atoms with Gasteiger partial charge in [0.25, 0.3) is 0 Å².